The second kappa shape index (κ2) is 8.69. The maximum atomic E-state index is 12.5. The van der Waals surface area contributed by atoms with Crippen LogP contribution in [0.1, 0.15) is 15.9 Å². The van der Waals surface area contributed by atoms with Crippen LogP contribution in [-0.2, 0) is 6.54 Å². The number of nitrogens with zero attached hydrogens (tertiary/aromatic N) is 1. The number of hydrogen-bond donors (Lipinski definition) is 2. The number of amides is 1. The lowest BCUT2D eigenvalue weighted by molar-refractivity contribution is 0.0951. The molecule has 0 bridgehead atoms. The molecule has 0 radical (unpaired) electrons. The van der Waals surface area contributed by atoms with E-state index in [9.17, 15) is 4.79 Å². The van der Waals surface area contributed by atoms with E-state index >= 15 is 0 Å². The molecule has 0 aliphatic carbocycles. The molecule has 0 aliphatic rings. The molecule has 0 unspecified atom stereocenters. The highest BCUT2D eigenvalue weighted by molar-refractivity contribution is 6.30. The van der Waals surface area contributed by atoms with Crippen LogP contribution in [0.4, 0.5) is 0 Å². The summed E-state index contributed by atoms with van der Waals surface area (Å²) in [6.07, 6.45) is 0. The SMILES string of the molecule is O=C(NCc1ccc(Cl)cc1)c1ccc(-c2cc(-c3cccc4ccccc34)[nH]n2)cc1. The summed E-state index contributed by atoms with van der Waals surface area (Å²) in [6, 6.07) is 31.5. The summed E-state index contributed by atoms with van der Waals surface area (Å²) in [4.78, 5) is 12.5. The first-order valence-electron chi connectivity index (χ1n) is 10.3. The van der Waals surface area contributed by atoms with Gasteiger partial charge in [-0.05, 0) is 46.7 Å². The third kappa shape index (κ3) is 4.13. The number of rotatable bonds is 5. The number of carbonyl (C=O) groups excluding carboxylic acids is 1. The molecule has 2 N–H and O–H groups in total. The molecule has 156 valence electrons. The molecule has 4 aromatic carbocycles. The normalized spacial score (nSPS) is 10.9. The number of fused-ring (bicyclic) bond motifs is 1. The Hall–Kier alpha value is -3.89. The topological polar surface area (TPSA) is 57.8 Å². The van der Waals surface area contributed by atoms with Gasteiger partial charge in [0.1, 0.15) is 0 Å². The minimum absolute atomic E-state index is 0.120. The van der Waals surface area contributed by atoms with Crippen molar-refractivity contribution in [2.45, 2.75) is 6.54 Å². The molecule has 0 spiro atoms. The molecule has 5 aromatic rings. The van der Waals surface area contributed by atoms with Crippen LogP contribution in [0.5, 0.6) is 0 Å². The van der Waals surface area contributed by atoms with E-state index < -0.39 is 0 Å². The summed E-state index contributed by atoms with van der Waals surface area (Å²) in [6.45, 7) is 0.450. The highest BCUT2D eigenvalue weighted by Crippen LogP contribution is 2.29. The number of benzene rings is 4. The van der Waals surface area contributed by atoms with Crippen molar-refractivity contribution in [2.24, 2.45) is 0 Å². The van der Waals surface area contributed by atoms with Gasteiger partial charge in [0, 0.05) is 28.3 Å². The Kier molecular flexibility index (Phi) is 5.44. The van der Waals surface area contributed by atoms with Gasteiger partial charge in [-0.15, -0.1) is 0 Å². The van der Waals surface area contributed by atoms with Gasteiger partial charge in [0.15, 0.2) is 0 Å². The van der Waals surface area contributed by atoms with Gasteiger partial charge in [-0.1, -0.05) is 78.3 Å². The summed E-state index contributed by atoms with van der Waals surface area (Å²) in [5.74, 6) is -0.120. The van der Waals surface area contributed by atoms with Gasteiger partial charge in [-0.3, -0.25) is 9.89 Å². The van der Waals surface area contributed by atoms with Crippen molar-refractivity contribution in [3.63, 3.8) is 0 Å². The summed E-state index contributed by atoms with van der Waals surface area (Å²) in [7, 11) is 0. The predicted molar refractivity (Wildman–Crippen MR) is 130 cm³/mol. The summed E-state index contributed by atoms with van der Waals surface area (Å²) < 4.78 is 0. The number of carbonyl (C=O) groups is 1. The first-order chi connectivity index (χ1) is 15.7. The van der Waals surface area contributed by atoms with Crippen molar-refractivity contribution in [1.29, 1.82) is 0 Å². The molecule has 1 heterocycles. The van der Waals surface area contributed by atoms with Crippen molar-refractivity contribution in [2.75, 3.05) is 0 Å². The molecule has 5 rings (SSSR count). The molecule has 5 heteroatoms. The Labute approximate surface area is 190 Å². The lowest BCUT2D eigenvalue weighted by atomic mass is 10.0. The van der Waals surface area contributed by atoms with Crippen molar-refractivity contribution in [3.8, 4) is 22.5 Å². The van der Waals surface area contributed by atoms with E-state index in [2.05, 4.69) is 45.8 Å². The van der Waals surface area contributed by atoms with E-state index in [-0.39, 0.29) is 5.91 Å². The Morgan fingerprint density at radius 2 is 1.62 bits per heavy atom. The van der Waals surface area contributed by atoms with Crippen LogP contribution in [0.25, 0.3) is 33.3 Å². The highest BCUT2D eigenvalue weighted by Gasteiger charge is 2.10. The molecular weight excluding hydrogens is 418 g/mol. The Morgan fingerprint density at radius 3 is 2.44 bits per heavy atom. The molecule has 32 heavy (non-hydrogen) atoms. The second-order valence-corrected chi connectivity index (χ2v) is 8.02. The van der Waals surface area contributed by atoms with Gasteiger partial charge < -0.3 is 5.32 Å². The lowest BCUT2D eigenvalue weighted by Gasteiger charge is -2.06. The molecule has 0 fully saturated rings. The Morgan fingerprint density at radius 1 is 0.875 bits per heavy atom. The minimum atomic E-state index is -0.120. The van der Waals surface area contributed by atoms with Crippen LogP contribution in [0, 0.1) is 0 Å². The lowest BCUT2D eigenvalue weighted by Crippen LogP contribution is -2.22. The van der Waals surface area contributed by atoms with E-state index in [4.69, 9.17) is 11.6 Å². The van der Waals surface area contributed by atoms with E-state index in [1.165, 1.54) is 10.8 Å². The molecule has 0 atom stereocenters. The maximum absolute atomic E-state index is 12.5. The summed E-state index contributed by atoms with van der Waals surface area (Å²) in [5.41, 5.74) is 5.45. The fourth-order valence-electron chi connectivity index (χ4n) is 3.75. The van der Waals surface area contributed by atoms with E-state index in [0.717, 1.165) is 28.1 Å². The molecule has 0 saturated carbocycles. The molecule has 0 aliphatic heterocycles. The van der Waals surface area contributed by atoms with Gasteiger partial charge in [0.25, 0.3) is 5.91 Å². The molecule has 1 aromatic heterocycles. The van der Waals surface area contributed by atoms with Crippen LogP contribution in [0.15, 0.2) is 97.1 Å². The van der Waals surface area contributed by atoms with E-state index in [1.807, 2.05) is 66.7 Å². The van der Waals surface area contributed by atoms with Crippen LogP contribution < -0.4 is 5.32 Å². The number of hydrogen-bond acceptors (Lipinski definition) is 2. The van der Waals surface area contributed by atoms with Crippen molar-refractivity contribution >= 4 is 28.3 Å². The first-order valence-corrected chi connectivity index (χ1v) is 10.7. The van der Waals surface area contributed by atoms with Crippen LogP contribution in [0.3, 0.4) is 0 Å². The fraction of sp³-hybridized carbons (Fsp3) is 0.0370. The minimum Gasteiger partial charge on any atom is -0.348 e. The smallest absolute Gasteiger partial charge is 0.251 e. The fourth-order valence-corrected chi connectivity index (χ4v) is 3.87. The van der Waals surface area contributed by atoms with Crippen LogP contribution in [-0.4, -0.2) is 16.1 Å². The zero-order valence-electron chi connectivity index (χ0n) is 17.2. The third-order valence-corrected chi connectivity index (χ3v) is 5.72. The zero-order chi connectivity index (χ0) is 21.9. The molecule has 1 amide bonds. The first kappa shape index (κ1) is 20.0. The largest absolute Gasteiger partial charge is 0.348 e. The molecular formula is C27H20ClN3O. The quantitative estimate of drug-likeness (QED) is 0.330. The number of halogens is 1. The maximum Gasteiger partial charge on any atom is 0.251 e. The van der Waals surface area contributed by atoms with E-state index in [0.29, 0.717) is 17.1 Å². The van der Waals surface area contributed by atoms with Crippen molar-refractivity contribution in [1.82, 2.24) is 15.5 Å². The Bertz CT molecular complexity index is 1380. The monoisotopic (exact) mass is 437 g/mol. The summed E-state index contributed by atoms with van der Waals surface area (Å²) >= 11 is 5.90. The molecule has 0 saturated heterocycles. The van der Waals surface area contributed by atoms with Crippen LogP contribution in [0.2, 0.25) is 5.02 Å². The van der Waals surface area contributed by atoms with Crippen molar-refractivity contribution < 1.29 is 4.79 Å². The zero-order valence-corrected chi connectivity index (χ0v) is 17.9. The van der Waals surface area contributed by atoms with Gasteiger partial charge in [0.2, 0.25) is 0 Å². The number of nitrogens with one attached hydrogen (secondary N) is 2. The summed E-state index contributed by atoms with van der Waals surface area (Å²) in [5, 5.41) is 13.6. The predicted octanol–water partition coefficient (Wildman–Crippen LogP) is 6.48. The number of aromatic nitrogens is 2. The van der Waals surface area contributed by atoms with E-state index in [1.54, 1.807) is 0 Å². The third-order valence-electron chi connectivity index (χ3n) is 5.47. The number of H-pyrrole nitrogens is 1. The van der Waals surface area contributed by atoms with Gasteiger partial charge in [0.05, 0.1) is 11.4 Å². The van der Waals surface area contributed by atoms with Crippen LogP contribution >= 0.6 is 11.6 Å². The van der Waals surface area contributed by atoms with Gasteiger partial charge in [-0.25, -0.2) is 0 Å². The van der Waals surface area contributed by atoms with Crippen molar-refractivity contribution in [3.05, 3.63) is 113 Å². The van der Waals surface area contributed by atoms with Gasteiger partial charge >= 0.3 is 0 Å². The average molecular weight is 438 g/mol. The standard InChI is InChI=1S/C27H20ClN3O/c28-22-14-8-18(9-15-22)17-29-27(32)21-12-10-20(11-13-21)25-16-26(31-30-25)24-7-3-5-19-4-1-2-6-23(19)24/h1-16H,17H2,(H,29,32)(H,30,31). The molecule has 4 nitrogen and oxygen atoms in total. The highest BCUT2D eigenvalue weighted by atomic mass is 35.5. The Balaban J connectivity index is 1.32. The number of aromatic amines is 1. The second-order valence-electron chi connectivity index (χ2n) is 7.58. The van der Waals surface area contributed by atoms with Gasteiger partial charge in [-0.2, -0.15) is 5.10 Å². The average Bonchev–Trinajstić information content (AvgIpc) is 3.33.